The molecule has 0 radical (unpaired) electrons. The van der Waals surface area contributed by atoms with Crippen LogP contribution in [0.3, 0.4) is 0 Å². The van der Waals surface area contributed by atoms with Crippen molar-refractivity contribution < 1.29 is 9.90 Å². The summed E-state index contributed by atoms with van der Waals surface area (Å²) >= 11 is 0. The van der Waals surface area contributed by atoms with Gasteiger partial charge in [-0.25, -0.2) is 0 Å². The fraction of sp³-hybridized carbons (Fsp3) is 0.538. The van der Waals surface area contributed by atoms with Crippen LogP contribution < -0.4 is 5.32 Å². The number of aryl methyl sites for hydroxylation is 1. The van der Waals surface area contributed by atoms with E-state index in [1.54, 1.807) is 6.20 Å². The smallest absolute Gasteiger partial charge is 0.306 e. The lowest BCUT2D eigenvalue weighted by Gasteiger charge is -2.27. The van der Waals surface area contributed by atoms with E-state index in [-0.39, 0.29) is 5.92 Å². The number of nitrogens with one attached hydrogen (secondary N) is 1. The maximum atomic E-state index is 10.8. The van der Waals surface area contributed by atoms with Crippen molar-refractivity contribution >= 4 is 11.7 Å². The highest BCUT2D eigenvalue weighted by atomic mass is 16.4. The van der Waals surface area contributed by atoms with Crippen LogP contribution in [0.25, 0.3) is 0 Å². The molecule has 1 fully saturated rings. The topological polar surface area (TPSA) is 62.2 Å². The maximum absolute atomic E-state index is 10.8. The van der Waals surface area contributed by atoms with E-state index in [9.17, 15) is 4.79 Å². The zero-order valence-electron chi connectivity index (χ0n) is 10.0. The largest absolute Gasteiger partial charge is 0.481 e. The summed E-state index contributed by atoms with van der Waals surface area (Å²) in [4.78, 5) is 15.0. The first-order chi connectivity index (χ1) is 8.15. The first kappa shape index (κ1) is 11.9. The first-order valence-corrected chi connectivity index (χ1v) is 6.07. The van der Waals surface area contributed by atoms with Crippen LogP contribution >= 0.6 is 0 Å². The van der Waals surface area contributed by atoms with E-state index in [1.165, 1.54) is 0 Å². The maximum Gasteiger partial charge on any atom is 0.306 e. The average Bonchev–Trinajstić information content (AvgIpc) is 2.29. The Labute approximate surface area is 101 Å². The number of nitrogens with zero attached hydrogens (tertiary/aromatic N) is 1. The predicted octanol–water partition coefficient (Wildman–Crippen LogP) is 2.45. The molecule has 17 heavy (non-hydrogen) atoms. The molecule has 1 aromatic heterocycles. The van der Waals surface area contributed by atoms with Crippen LogP contribution in [0.1, 0.15) is 31.4 Å². The number of carboxylic acid groups (broad SMARTS) is 1. The third-order valence-electron chi connectivity index (χ3n) is 3.34. The molecule has 2 rings (SSSR count). The molecule has 0 aromatic carbocycles. The molecule has 1 aliphatic rings. The number of hydrogen-bond donors (Lipinski definition) is 2. The number of carboxylic acids is 1. The third kappa shape index (κ3) is 3.19. The fourth-order valence-electron chi connectivity index (χ4n) is 2.36. The van der Waals surface area contributed by atoms with Gasteiger partial charge in [0, 0.05) is 23.6 Å². The Bertz CT molecular complexity index is 398. The fourth-order valence-corrected chi connectivity index (χ4v) is 2.36. The van der Waals surface area contributed by atoms with Gasteiger partial charge in [0.05, 0.1) is 5.92 Å². The molecule has 1 aliphatic carbocycles. The van der Waals surface area contributed by atoms with E-state index in [2.05, 4.69) is 10.3 Å². The second-order valence-electron chi connectivity index (χ2n) is 4.72. The van der Waals surface area contributed by atoms with Crippen LogP contribution in [0.15, 0.2) is 18.3 Å². The number of anilines is 1. The molecule has 4 heteroatoms. The van der Waals surface area contributed by atoms with Crippen LogP contribution in [-0.2, 0) is 4.79 Å². The van der Waals surface area contributed by atoms with Crippen molar-refractivity contribution in [1.82, 2.24) is 4.98 Å². The zero-order chi connectivity index (χ0) is 12.3. The average molecular weight is 234 g/mol. The Morgan fingerprint density at radius 2 is 2.12 bits per heavy atom. The van der Waals surface area contributed by atoms with E-state index < -0.39 is 5.97 Å². The highest BCUT2D eigenvalue weighted by Crippen LogP contribution is 2.26. The molecule has 0 saturated heterocycles. The number of aliphatic carboxylic acids is 1. The molecule has 1 heterocycles. The quantitative estimate of drug-likeness (QED) is 0.843. The molecule has 92 valence electrons. The van der Waals surface area contributed by atoms with Gasteiger partial charge in [-0.2, -0.15) is 0 Å². The standard InChI is InChI=1S/C13H18N2O2/c1-9-8-12(6-7-14-9)15-11-4-2-10(3-5-11)13(16)17/h6-8,10-11H,2-5H2,1H3,(H,14,15)(H,16,17). The number of hydrogen-bond acceptors (Lipinski definition) is 3. The molecule has 0 spiro atoms. The first-order valence-electron chi connectivity index (χ1n) is 6.07. The molecule has 0 bridgehead atoms. The molecule has 0 amide bonds. The van der Waals surface area contributed by atoms with Gasteiger partial charge in [-0.3, -0.25) is 9.78 Å². The summed E-state index contributed by atoms with van der Waals surface area (Å²) in [7, 11) is 0. The van der Waals surface area contributed by atoms with Crippen LogP contribution in [0.2, 0.25) is 0 Å². The lowest BCUT2D eigenvalue weighted by molar-refractivity contribution is -0.142. The molecule has 4 nitrogen and oxygen atoms in total. The summed E-state index contributed by atoms with van der Waals surface area (Å²) in [6.07, 6.45) is 5.20. The summed E-state index contributed by atoms with van der Waals surface area (Å²) in [5.41, 5.74) is 2.07. The van der Waals surface area contributed by atoms with E-state index >= 15 is 0 Å². The van der Waals surface area contributed by atoms with E-state index in [0.29, 0.717) is 6.04 Å². The summed E-state index contributed by atoms with van der Waals surface area (Å²) in [5, 5.41) is 12.4. The predicted molar refractivity (Wildman–Crippen MR) is 66.0 cm³/mol. The summed E-state index contributed by atoms with van der Waals surface area (Å²) in [6.45, 7) is 1.96. The molecule has 1 saturated carbocycles. The molecule has 0 unspecified atom stereocenters. The number of carbonyl (C=O) groups is 1. The van der Waals surface area contributed by atoms with E-state index in [1.807, 2.05) is 19.1 Å². The Morgan fingerprint density at radius 1 is 1.41 bits per heavy atom. The van der Waals surface area contributed by atoms with Gasteiger partial charge in [0.2, 0.25) is 0 Å². The van der Waals surface area contributed by atoms with Crippen molar-refractivity contribution in [2.24, 2.45) is 5.92 Å². The lowest BCUT2D eigenvalue weighted by atomic mass is 9.86. The summed E-state index contributed by atoms with van der Waals surface area (Å²) in [6, 6.07) is 4.37. The van der Waals surface area contributed by atoms with Crippen molar-refractivity contribution in [3.05, 3.63) is 24.0 Å². The molecule has 0 atom stereocenters. The van der Waals surface area contributed by atoms with Gasteiger partial charge >= 0.3 is 5.97 Å². The molecular formula is C13H18N2O2. The van der Waals surface area contributed by atoms with Crippen LogP contribution in [0, 0.1) is 12.8 Å². The lowest BCUT2D eigenvalue weighted by Crippen LogP contribution is -2.29. The van der Waals surface area contributed by atoms with Gasteiger partial charge < -0.3 is 10.4 Å². The minimum Gasteiger partial charge on any atom is -0.481 e. The normalized spacial score (nSPS) is 24.3. The third-order valence-corrected chi connectivity index (χ3v) is 3.34. The highest BCUT2D eigenvalue weighted by molar-refractivity contribution is 5.70. The summed E-state index contributed by atoms with van der Waals surface area (Å²) < 4.78 is 0. The Morgan fingerprint density at radius 3 is 2.71 bits per heavy atom. The Balaban J connectivity index is 1.88. The Hall–Kier alpha value is -1.58. The van der Waals surface area contributed by atoms with Gasteiger partial charge in [-0.05, 0) is 44.7 Å². The minimum atomic E-state index is -0.650. The second kappa shape index (κ2) is 5.17. The SMILES string of the molecule is Cc1cc(NC2CCC(C(=O)O)CC2)ccn1. The number of aromatic nitrogens is 1. The molecule has 0 aliphatic heterocycles. The van der Waals surface area contributed by atoms with E-state index in [0.717, 1.165) is 37.1 Å². The highest BCUT2D eigenvalue weighted by Gasteiger charge is 2.25. The molecular weight excluding hydrogens is 216 g/mol. The zero-order valence-corrected chi connectivity index (χ0v) is 10.0. The van der Waals surface area contributed by atoms with Crippen molar-refractivity contribution in [1.29, 1.82) is 0 Å². The van der Waals surface area contributed by atoms with Gasteiger partial charge in [0.15, 0.2) is 0 Å². The summed E-state index contributed by atoms with van der Waals surface area (Å²) in [5.74, 6) is -0.796. The van der Waals surface area contributed by atoms with Gasteiger partial charge in [0.25, 0.3) is 0 Å². The molecule has 1 aromatic rings. The van der Waals surface area contributed by atoms with Crippen LogP contribution in [0.5, 0.6) is 0 Å². The van der Waals surface area contributed by atoms with Gasteiger partial charge in [-0.1, -0.05) is 0 Å². The Kier molecular flexibility index (Phi) is 3.61. The number of pyridine rings is 1. The van der Waals surface area contributed by atoms with E-state index in [4.69, 9.17) is 5.11 Å². The van der Waals surface area contributed by atoms with Crippen molar-refractivity contribution in [3.8, 4) is 0 Å². The monoisotopic (exact) mass is 234 g/mol. The van der Waals surface area contributed by atoms with Crippen molar-refractivity contribution in [3.63, 3.8) is 0 Å². The van der Waals surface area contributed by atoms with Gasteiger partial charge in [0.1, 0.15) is 0 Å². The van der Waals surface area contributed by atoms with Crippen LogP contribution in [0.4, 0.5) is 5.69 Å². The van der Waals surface area contributed by atoms with Crippen LogP contribution in [-0.4, -0.2) is 22.1 Å². The van der Waals surface area contributed by atoms with Crippen molar-refractivity contribution in [2.45, 2.75) is 38.6 Å². The second-order valence-corrected chi connectivity index (χ2v) is 4.72. The van der Waals surface area contributed by atoms with Crippen molar-refractivity contribution in [2.75, 3.05) is 5.32 Å². The van der Waals surface area contributed by atoms with Gasteiger partial charge in [-0.15, -0.1) is 0 Å². The molecule has 2 N–H and O–H groups in total. The minimum absolute atomic E-state index is 0.146. The number of rotatable bonds is 3.